The Morgan fingerprint density at radius 3 is 2.08 bits per heavy atom. The van der Waals surface area contributed by atoms with Gasteiger partial charge < -0.3 is 47.7 Å². The summed E-state index contributed by atoms with van der Waals surface area (Å²) in [7, 11) is 0. The van der Waals surface area contributed by atoms with E-state index >= 15 is 0 Å². The zero-order chi connectivity index (χ0) is 28.2. The Hall–Kier alpha value is -4.50. The van der Waals surface area contributed by atoms with E-state index in [0.29, 0.717) is 11.3 Å². The molecule has 2 aromatic rings. The lowest BCUT2D eigenvalue weighted by molar-refractivity contribution is -0.142. The largest absolute Gasteiger partial charge is 0.508 e. The average molecular weight is 534 g/mol. The average Bonchev–Trinajstić information content (AvgIpc) is 3.39. The number of amides is 4. The number of primary amides is 1. The summed E-state index contributed by atoms with van der Waals surface area (Å²) >= 11 is 0. The Morgan fingerprint density at radius 1 is 0.921 bits per heavy atom. The molecule has 1 aromatic carbocycles. The molecule has 0 saturated heterocycles. The Morgan fingerprint density at radius 2 is 1.53 bits per heavy atom. The maximum atomic E-state index is 13.1. The molecule has 0 saturated carbocycles. The highest BCUT2D eigenvalue weighted by Gasteiger charge is 2.30. The van der Waals surface area contributed by atoms with E-state index in [9.17, 15) is 39.3 Å². The summed E-state index contributed by atoms with van der Waals surface area (Å²) in [5.74, 6) is -4.64. The number of carboxylic acids is 1. The number of aliphatic carboxylic acids is 1. The number of nitrogens with zero attached hydrogens (tertiary/aromatic N) is 1. The fraction of sp³-hybridized carbons (Fsp3) is 0.391. The van der Waals surface area contributed by atoms with Gasteiger partial charge >= 0.3 is 5.97 Å². The smallest absolute Gasteiger partial charge is 0.326 e. The second-order valence-corrected chi connectivity index (χ2v) is 8.47. The zero-order valence-corrected chi connectivity index (χ0v) is 20.3. The van der Waals surface area contributed by atoms with Crippen LogP contribution in [0.4, 0.5) is 0 Å². The number of hydrogen-bond acceptors (Lipinski definition) is 9. The maximum Gasteiger partial charge on any atom is 0.326 e. The molecular formula is C23H31N7O8. The number of benzene rings is 1. The number of carbonyl (C=O) groups is 5. The summed E-state index contributed by atoms with van der Waals surface area (Å²) in [5.41, 5.74) is 11.7. The fourth-order valence-corrected chi connectivity index (χ4v) is 3.34. The number of aromatic nitrogens is 2. The lowest BCUT2D eigenvalue weighted by Gasteiger charge is -2.24. The Kier molecular flexibility index (Phi) is 11.2. The summed E-state index contributed by atoms with van der Waals surface area (Å²) in [5, 5.41) is 35.8. The number of H-pyrrole nitrogens is 1. The number of phenols is 1. The minimum Gasteiger partial charge on any atom is -0.508 e. The van der Waals surface area contributed by atoms with Gasteiger partial charge in [0.2, 0.25) is 23.6 Å². The number of aromatic amines is 1. The summed E-state index contributed by atoms with van der Waals surface area (Å²) in [6.45, 7) is -0.842. The van der Waals surface area contributed by atoms with Crippen molar-refractivity contribution in [2.75, 3.05) is 6.61 Å². The van der Waals surface area contributed by atoms with Crippen LogP contribution in [0.2, 0.25) is 0 Å². The van der Waals surface area contributed by atoms with Crippen LogP contribution in [-0.2, 0) is 36.8 Å². The maximum absolute atomic E-state index is 13.1. The molecule has 2 rings (SSSR count). The van der Waals surface area contributed by atoms with Gasteiger partial charge in [0, 0.05) is 31.2 Å². The monoisotopic (exact) mass is 533 g/mol. The lowest BCUT2D eigenvalue weighted by atomic mass is 10.0. The van der Waals surface area contributed by atoms with E-state index in [2.05, 4.69) is 25.9 Å². The van der Waals surface area contributed by atoms with Crippen molar-refractivity contribution in [3.05, 3.63) is 48.0 Å². The van der Waals surface area contributed by atoms with Gasteiger partial charge in [0.1, 0.15) is 23.9 Å². The second-order valence-electron chi connectivity index (χ2n) is 8.47. The molecule has 0 aliphatic heterocycles. The third-order valence-electron chi connectivity index (χ3n) is 5.46. The molecule has 15 nitrogen and oxygen atoms in total. The minimum absolute atomic E-state index is 0.0278. The molecule has 1 aromatic heterocycles. The molecule has 4 unspecified atom stereocenters. The van der Waals surface area contributed by atoms with Crippen LogP contribution in [0.1, 0.15) is 24.1 Å². The molecular weight excluding hydrogens is 502 g/mol. The van der Waals surface area contributed by atoms with Gasteiger partial charge in [0.15, 0.2) is 0 Å². The molecule has 0 fully saturated rings. The molecule has 0 aliphatic carbocycles. The number of carboxylic acid groups (broad SMARTS) is 1. The summed E-state index contributed by atoms with van der Waals surface area (Å²) < 4.78 is 0. The standard InChI is InChI=1S/C23H31N7O8/c24-15(5-6-19(25)33)20(34)30-18(10-31)22(36)28-16(7-12-1-3-14(32)4-2-12)21(35)29-17(23(37)38)8-13-9-26-11-27-13/h1-4,9,11,15-18,31-32H,5-8,10,24H2,(H2,25,33)(H,26,27)(H,28,36)(H,29,35)(H,30,34)(H,37,38). The third-order valence-corrected chi connectivity index (χ3v) is 5.46. The van der Waals surface area contributed by atoms with Crippen molar-refractivity contribution in [1.82, 2.24) is 25.9 Å². The van der Waals surface area contributed by atoms with Crippen molar-refractivity contribution in [2.24, 2.45) is 11.5 Å². The first kappa shape index (κ1) is 29.7. The number of carbonyl (C=O) groups excluding carboxylic acids is 4. The van der Waals surface area contributed by atoms with E-state index in [0.717, 1.165) is 0 Å². The number of nitrogens with one attached hydrogen (secondary N) is 4. The number of rotatable bonds is 15. The van der Waals surface area contributed by atoms with Gasteiger partial charge in [-0.15, -0.1) is 0 Å². The summed E-state index contributed by atoms with van der Waals surface area (Å²) in [4.78, 5) is 67.5. The minimum atomic E-state index is -1.50. The Bertz CT molecular complexity index is 1110. The normalized spacial score (nSPS) is 13.9. The van der Waals surface area contributed by atoms with Gasteiger partial charge in [-0.25, -0.2) is 9.78 Å². The van der Waals surface area contributed by atoms with E-state index in [1.165, 1.54) is 36.8 Å². The number of aliphatic hydroxyl groups is 1. The van der Waals surface area contributed by atoms with E-state index in [1.54, 1.807) is 0 Å². The molecule has 0 bridgehead atoms. The van der Waals surface area contributed by atoms with Gasteiger partial charge in [-0.05, 0) is 24.1 Å². The number of hydrogen-bond donors (Lipinski definition) is 9. The SMILES string of the molecule is NC(=O)CCC(N)C(=O)NC(CO)C(=O)NC(Cc1ccc(O)cc1)C(=O)NC(Cc1cnc[nH]1)C(=O)O. The van der Waals surface area contributed by atoms with Crippen molar-refractivity contribution in [2.45, 2.75) is 49.9 Å². The zero-order valence-electron chi connectivity index (χ0n) is 20.3. The Balaban J connectivity index is 2.16. The van der Waals surface area contributed by atoms with Crippen LogP contribution in [0, 0.1) is 0 Å². The van der Waals surface area contributed by atoms with Crippen LogP contribution in [0.15, 0.2) is 36.8 Å². The Labute approximate surface area is 217 Å². The third kappa shape index (κ3) is 9.51. The van der Waals surface area contributed by atoms with E-state index in [-0.39, 0.29) is 31.4 Å². The fourth-order valence-electron chi connectivity index (χ4n) is 3.34. The number of imidazole rings is 1. The van der Waals surface area contributed by atoms with E-state index in [4.69, 9.17) is 11.5 Å². The molecule has 0 aliphatic rings. The van der Waals surface area contributed by atoms with Crippen LogP contribution in [-0.4, -0.2) is 85.7 Å². The molecule has 4 amide bonds. The first-order chi connectivity index (χ1) is 18.0. The van der Waals surface area contributed by atoms with Crippen molar-refractivity contribution < 1.29 is 39.3 Å². The van der Waals surface area contributed by atoms with Gasteiger partial charge in [0.05, 0.1) is 19.0 Å². The number of phenolic OH excluding ortho intramolecular Hbond substituents is 1. The molecule has 1 heterocycles. The van der Waals surface area contributed by atoms with Crippen LogP contribution in [0.25, 0.3) is 0 Å². The molecule has 4 atom stereocenters. The molecule has 38 heavy (non-hydrogen) atoms. The summed E-state index contributed by atoms with van der Waals surface area (Å²) in [6.07, 6.45) is 2.29. The lowest BCUT2D eigenvalue weighted by Crippen LogP contribution is -2.58. The van der Waals surface area contributed by atoms with Gasteiger partial charge in [-0.1, -0.05) is 12.1 Å². The first-order valence-electron chi connectivity index (χ1n) is 11.5. The van der Waals surface area contributed by atoms with E-state index in [1.807, 2.05) is 0 Å². The second kappa shape index (κ2) is 14.3. The molecule has 0 spiro atoms. The quantitative estimate of drug-likeness (QED) is 0.112. The van der Waals surface area contributed by atoms with Crippen LogP contribution >= 0.6 is 0 Å². The highest BCUT2D eigenvalue weighted by atomic mass is 16.4. The number of nitrogens with two attached hydrogens (primary N) is 2. The van der Waals surface area contributed by atoms with Crippen molar-refractivity contribution in [3.8, 4) is 5.75 Å². The number of aromatic hydroxyl groups is 1. The summed E-state index contributed by atoms with van der Waals surface area (Å²) in [6, 6.07) is 0.373. The molecule has 0 radical (unpaired) electrons. The molecule has 11 N–H and O–H groups in total. The molecule has 15 heteroatoms. The van der Waals surface area contributed by atoms with Crippen molar-refractivity contribution in [3.63, 3.8) is 0 Å². The predicted octanol–water partition coefficient (Wildman–Crippen LogP) is -2.98. The van der Waals surface area contributed by atoms with Gasteiger partial charge in [-0.2, -0.15) is 0 Å². The van der Waals surface area contributed by atoms with Crippen LogP contribution in [0.3, 0.4) is 0 Å². The van der Waals surface area contributed by atoms with Crippen molar-refractivity contribution in [1.29, 1.82) is 0 Å². The highest BCUT2D eigenvalue weighted by molar-refractivity contribution is 5.94. The predicted molar refractivity (Wildman–Crippen MR) is 131 cm³/mol. The van der Waals surface area contributed by atoms with E-state index < -0.39 is 60.4 Å². The van der Waals surface area contributed by atoms with Crippen LogP contribution in [0.5, 0.6) is 5.75 Å². The molecule has 206 valence electrons. The number of aliphatic hydroxyl groups excluding tert-OH is 1. The van der Waals surface area contributed by atoms with Crippen molar-refractivity contribution >= 4 is 29.6 Å². The highest BCUT2D eigenvalue weighted by Crippen LogP contribution is 2.12. The van der Waals surface area contributed by atoms with Crippen LogP contribution < -0.4 is 27.4 Å². The van der Waals surface area contributed by atoms with Gasteiger partial charge in [-0.3, -0.25) is 19.2 Å². The topological polar surface area (TPSA) is 263 Å². The van der Waals surface area contributed by atoms with Gasteiger partial charge in [0.25, 0.3) is 0 Å². The first-order valence-corrected chi connectivity index (χ1v) is 11.5.